The van der Waals surface area contributed by atoms with Gasteiger partial charge in [-0.2, -0.15) is 11.8 Å². The van der Waals surface area contributed by atoms with Crippen LogP contribution in [0.25, 0.3) is 11.0 Å². The monoisotopic (exact) mass is 310 g/mol. The number of carboxylic acid groups (broad SMARTS) is 1. The molecular formula is C14H14O6S. The van der Waals surface area contributed by atoms with Crippen LogP contribution >= 0.6 is 11.8 Å². The molecule has 0 fully saturated rings. The van der Waals surface area contributed by atoms with E-state index in [-0.39, 0.29) is 17.6 Å². The summed E-state index contributed by atoms with van der Waals surface area (Å²) in [5, 5.41) is 18.7. The molecule has 1 aromatic heterocycles. The molecule has 0 aliphatic heterocycles. The van der Waals surface area contributed by atoms with E-state index in [0.29, 0.717) is 11.5 Å². The van der Waals surface area contributed by atoms with E-state index in [2.05, 4.69) is 0 Å². The number of hydrogen-bond acceptors (Lipinski definition) is 6. The molecule has 21 heavy (non-hydrogen) atoms. The number of ether oxygens (including phenoxy) is 1. The second-order valence-corrected chi connectivity index (χ2v) is 5.27. The summed E-state index contributed by atoms with van der Waals surface area (Å²) in [5.41, 5.74) is -0.292. The van der Waals surface area contributed by atoms with Crippen molar-refractivity contribution in [2.45, 2.75) is 6.10 Å². The number of hydrogen-bond donors (Lipinski definition) is 2. The maximum atomic E-state index is 11.8. The Bertz CT molecular complexity index is 708. The van der Waals surface area contributed by atoms with E-state index in [4.69, 9.17) is 14.3 Å². The van der Waals surface area contributed by atoms with Gasteiger partial charge < -0.3 is 19.4 Å². The number of thioether (sulfide) groups is 1. The first-order valence-corrected chi connectivity index (χ1v) is 7.51. The minimum Gasteiger partial charge on any atom is -0.491 e. The van der Waals surface area contributed by atoms with Crippen LogP contribution < -0.4 is 10.2 Å². The van der Waals surface area contributed by atoms with Crippen molar-refractivity contribution in [1.29, 1.82) is 0 Å². The Morgan fingerprint density at radius 3 is 2.86 bits per heavy atom. The van der Waals surface area contributed by atoms with E-state index in [1.165, 1.54) is 23.9 Å². The molecule has 2 aromatic rings. The minimum atomic E-state index is -1.31. The summed E-state index contributed by atoms with van der Waals surface area (Å²) in [7, 11) is 0. The van der Waals surface area contributed by atoms with Gasteiger partial charge >= 0.3 is 5.97 Å². The lowest BCUT2D eigenvalue weighted by Gasteiger charge is -2.11. The summed E-state index contributed by atoms with van der Waals surface area (Å²) >= 11 is 1.50. The van der Waals surface area contributed by atoms with Gasteiger partial charge in [0.1, 0.15) is 17.9 Å². The Kier molecular flexibility index (Phi) is 4.87. The lowest BCUT2D eigenvalue weighted by molar-refractivity contribution is 0.0663. The smallest absolute Gasteiger partial charge is 0.371 e. The van der Waals surface area contributed by atoms with Gasteiger partial charge in [-0.1, -0.05) is 0 Å². The zero-order chi connectivity index (χ0) is 15.4. The predicted molar refractivity (Wildman–Crippen MR) is 79.3 cm³/mol. The highest BCUT2D eigenvalue weighted by molar-refractivity contribution is 7.98. The maximum absolute atomic E-state index is 11.8. The summed E-state index contributed by atoms with van der Waals surface area (Å²) in [5.74, 6) is -0.789. The van der Waals surface area contributed by atoms with Crippen molar-refractivity contribution in [3.8, 4) is 5.75 Å². The number of carbonyl (C=O) groups is 1. The predicted octanol–water partition coefficient (Wildman–Crippen LogP) is 1.59. The summed E-state index contributed by atoms with van der Waals surface area (Å²) < 4.78 is 10.5. The highest BCUT2D eigenvalue weighted by atomic mass is 32.2. The molecule has 0 aliphatic rings. The summed E-state index contributed by atoms with van der Waals surface area (Å²) in [6.07, 6.45) is 1.27. The number of aliphatic hydroxyl groups is 1. The topological polar surface area (TPSA) is 97.0 Å². The van der Waals surface area contributed by atoms with Crippen molar-refractivity contribution in [3.63, 3.8) is 0 Å². The average Bonchev–Trinajstić information content (AvgIpc) is 2.45. The van der Waals surface area contributed by atoms with Crippen LogP contribution in [-0.2, 0) is 0 Å². The third-order valence-corrected chi connectivity index (χ3v) is 3.43. The second kappa shape index (κ2) is 6.64. The zero-order valence-electron chi connectivity index (χ0n) is 11.2. The SMILES string of the molecule is CSCC(O)COc1ccc2c(=O)cc(C(=O)O)oc2c1. The Morgan fingerprint density at radius 2 is 2.19 bits per heavy atom. The molecule has 0 saturated heterocycles. The van der Waals surface area contributed by atoms with Gasteiger partial charge in [0, 0.05) is 17.9 Å². The van der Waals surface area contributed by atoms with E-state index < -0.39 is 23.3 Å². The van der Waals surface area contributed by atoms with Gasteiger partial charge in [0.05, 0.1) is 11.5 Å². The van der Waals surface area contributed by atoms with Crippen molar-refractivity contribution in [1.82, 2.24) is 0 Å². The first-order valence-electron chi connectivity index (χ1n) is 6.12. The van der Waals surface area contributed by atoms with Gasteiger partial charge in [-0.15, -0.1) is 0 Å². The fourth-order valence-electron chi connectivity index (χ4n) is 1.76. The molecule has 0 bridgehead atoms. The summed E-state index contributed by atoms with van der Waals surface area (Å²) in [4.78, 5) is 22.6. The molecule has 7 heteroatoms. The van der Waals surface area contributed by atoms with Crippen molar-refractivity contribution < 1.29 is 24.2 Å². The second-order valence-electron chi connectivity index (χ2n) is 4.36. The normalized spacial score (nSPS) is 12.3. The van der Waals surface area contributed by atoms with E-state index >= 15 is 0 Å². The van der Waals surface area contributed by atoms with E-state index in [9.17, 15) is 14.7 Å². The summed E-state index contributed by atoms with van der Waals surface area (Å²) in [6.45, 7) is 0.106. The molecule has 1 heterocycles. The van der Waals surface area contributed by atoms with Gasteiger partial charge in [-0.25, -0.2) is 4.79 Å². The quantitative estimate of drug-likeness (QED) is 0.836. The Morgan fingerprint density at radius 1 is 1.43 bits per heavy atom. The molecular weight excluding hydrogens is 296 g/mol. The summed E-state index contributed by atoms with van der Waals surface area (Å²) in [6, 6.07) is 5.46. The van der Waals surface area contributed by atoms with Gasteiger partial charge in [0.25, 0.3) is 0 Å². The highest BCUT2D eigenvalue weighted by Crippen LogP contribution is 2.20. The van der Waals surface area contributed by atoms with E-state index in [1.807, 2.05) is 6.26 Å². The number of fused-ring (bicyclic) bond motifs is 1. The molecule has 0 radical (unpaired) electrons. The third kappa shape index (κ3) is 3.77. The zero-order valence-corrected chi connectivity index (χ0v) is 12.1. The third-order valence-electron chi connectivity index (χ3n) is 2.71. The molecule has 6 nitrogen and oxygen atoms in total. The first kappa shape index (κ1) is 15.4. The number of carboxylic acids is 1. The maximum Gasteiger partial charge on any atom is 0.371 e. The van der Waals surface area contributed by atoms with Crippen LogP contribution in [0.1, 0.15) is 10.6 Å². The number of rotatable bonds is 6. The highest BCUT2D eigenvalue weighted by Gasteiger charge is 2.12. The fraction of sp³-hybridized carbons (Fsp3) is 0.286. The van der Waals surface area contributed by atoms with Crippen LogP contribution in [0, 0.1) is 0 Å². The van der Waals surface area contributed by atoms with Gasteiger partial charge in [0.15, 0.2) is 5.43 Å². The number of aliphatic hydroxyl groups excluding tert-OH is 1. The molecule has 0 spiro atoms. The Hall–Kier alpha value is -1.99. The molecule has 0 saturated carbocycles. The lowest BCUT2D eigenvalue weighted by Crippen LogP contribution is -2.19. The van der Waals surface area contributed by atoms with Crippen LogP contribution in [0.15, 0.2) is 33.5 Å². The van der Waals surface area contributed by atoms with E-state index in [1.54, 1.807) is 6.07 Å². The molecule has 0 aliphatic carbocycles. The van der Waals surface area contributed by atoms with Crippen LogP contribution in [0.3, 0.4) is 0 Å². The van der Waals surface area contributed by atoms with Gasteiger partial charge in [-0.3, -0.25) is 4.79 Å². The van der Waals surface area contributed by atoms with Crippen LogP contribution in [0.2, 0.25) is 0 Å². The number of benzene rings is 1. The molecule has 2 rings (SSSR count). The van der Waals surface area contributed by atoms with Crippen molar-refractivity contribution >= 4 is 28.7 Å². The largest absolute Gasteiger partial charge is 0.491 e. The molecule has 0 amide bonds. The molecule has 1 aromatic carbocycles. The van der Waals surface area contributed by atoms with Crippen molar-refractivity contribution in [2.24, 2.45) is 0 Å². The van der Waals surface area contributed by atoms with Gasteiger partial charge in [-0.05, 0) is 18.4 Å². The lowest BCUT2D eigenvalue weighted by atomic mass is 10.2. The first-order chi connectivity index (χ1) is 10.0. The van der Waals surface area contributed by atoms with Crippen molar-refractivity contribution in [2.75, 3.05) is 18.6 Å². The number of aromatic carboxylic acids is 1. The van der Waals surface area contributed by atoms with Crippen molar-refractivity contribution in [3.05, 3.63) is 40.2 Å². The molecule has 112 valence electrons. The van der Waals surface area contributed by atoms with Crippen LogP contribution in [0.5, 0.6) is 5.75 Å². The molecule has 1 atom stereocenters. The molecule has 1 unspecified atom stereocenters. The standard InChI is InChI=1S/C14H14O6S/c1-21-7-8(15)6-19-9-2-3-10-11(16)5-13(14(17)18)20-12(10)4-9/h2-5,8,15H,6-7H2,1H3,(H,17,18). The van der Waals surface area contributed by atoms with Crippen LogP contribution in [-0.4, -0.2) is 40.9 Å². The fourth-order valence-corrected chi connectivity index (χ4v) is 2.24. The Labute approximate surface area is 124 Å². The van der Waals surface area contributed by atoms with Crippen LogP contribution in [0.4, 0.5) is 0 Å². The van der Waals surface area contributed by atoms with Gasteiger partial charge in [0.2, 0.25) is 5.76 Å². The Balaban J connectivity index is 2.28. The van der Waals surface area contributed by atoms with E-state index in [0.717, 1.165) is 6.07 Å². The molecule has 2 N–H and O–H groups in total. The average molecular weight is 310 g/mol. The minimum absolute atomic E-state index is 0.106.